The van der Waals surface area contributed by atoms with Gasteiger partial charge in [0.1, 0.15) is 5.82 Å². The van der Waals surface area contributed by atoms with Crippen LogP contribution in [0.2, 0.25) is 0 Å². The first-order chi connectivity index (χ1) is 10.6. The lowest BCUT2D eigenvalue weighted by atomic mass is 9.87. The van der Waals surface area contributed by atoms with E-state index in [0.717, 1.165) is 17.2 Å². The summed E-state index contributed by atoms with van der Waals surface area (Å²) in [5.41, 5.74) is 2.06. The Bertz CT molecular complexity index is 657. The zero-order valence-corrected chi connectivity index (χ0v) is 12.7. The minimum Gasteiger partial charge on any atom is -0.340 e. The predicted octanol–water partition coefficient (Wildman–Crippen LogP) is 4.12. The van der Waals surface area contributed by atoms with Crippen LogP contribution in [0.4, 0.5) is 17.2 Å². The summed E-state index contributed by atoms with van der Waals surface area (Å²) in [6.07, 6.45) is 6.33. The first-order valence-corrected chi connectivity index (χ1v) is 7.69. The lowest BCUT2D eigenvalue weighted by molar-refractivity contribution is -0.384. The molecule has 0 saturated heterocycles. The predicted molar refractivity (Wildman–Crippen MR) is 85.4 cm³/mol. The van der Waals surface area contributed by atoms with Gasteiger partial charge in [-0.3, -0.25) is 14.8 Å². The second kappa shape index (κ2) is 6.17. The maximum Gasteiger partial charge on any atom is 0.269 e. The van der Waals surface area contributed by atoms with Crippen LogP contribution >= 0.6 is 0 Å². The highest BCUT2D eigenvalue weighted by molar-refractivity contribution is 5.58. The SMILES string of the molecule is Cn1nc(C2CCCCC2)cc1Nc1ccc([N+](=O)[O-])cc1. The van der Waals surface area contributed by atoms with Gasteiger partial charge in [0, 0.05) is 36.9 Å². The Kier molecular flexibility index (Phi) is 4.09. The van der Waals surface area contributed by atoms with Crippen LogP contribution in [0.25, 0.3) is 0 Å². The fourth-order valence-corrected chi connectivity index (χ4v) is 3.02. The maximum atomic E-state index is 10.7. The molecule has 1 aliphatic carbocycles. The van der Waals surface area contributed by atoms with Gasteiger partial charge in [0.05, 0.1) is 10.6 Å². The highest BCUT2D eigenvalue weighted by Gasteiger charge is 2.19. The average molecular weight is 300 g/mol. The van der Waals surface area contributed by atoms with Gasteiger partial charge < -0.3 is 5.32 Å². The summed E-state index contributed by atoms with van der Waals surface area (Å²) in [6.45, 7) is 0. The number of nitrogens with one attached hydrogen (secondary N) is 1. The third-order valence-electron chi connectivity index (χ3n) is 4.27. The zero-order chi connectivity index (χ0) is 15.5. The van der Waals surface area contributed by atoms with E-state index in [1.54, 1.807) is 12.1 Å². The number of benzene rings is 1. The smallest absolute Gasteiger partial charge is 0.269 e. The molecule has 6 nitrogen and oxygen atoms in total. The average Bonchev–Trinajstić information content (AvgIpc) is 2.90. The molecule has 1 aromatic heterocycles. The summed E-state index contributed by atoms with van der Waals surface area (Å²) in [5, 5.41) is 18.6. The van der Waals surface area contributed by atoms with Crippen molar-refractivity contribution in [2.75, 3.05) is 5.32 Å². The van der Waals surface area contributed by atoms with Crippen molar-refractivity contribution in [1.82, 2.24) is 9.78 Å². The van der Waals surface area contributed by atoms with Gasteiger partial charge in [-0.15, -0.1) is 0 Å². The van der Waals surface area contributed by atoms with Crippen molar-refractivity contribution in [2.24, 2.45) is 7.05 Å². The fourth-order valence-electron chi connectivity index (χ4n) is 3.02. The van der Waals surface area contributed by atoms with Gasteiger partial charge in [0.25, 0.3) is 5.69 Å². The van der Waals surface area contributed by atoms with Crippen molar-refractivity contribution in [3.8, 4) is 0 Å². The summed E-state index contributed by atoms with van der Waals surface area (Å²) in [7, 11) is 1.92. The maximum absolute atomic E-state index is 10.7. The molecule has 0 radical (unpaired) electrons. The van der Waals surface area contributed by atoms with Crippen LogP contribution in [0.15, 0.2) is 30.3 Å². The van der Waals surface area contributed by atoms with Gasteiger partial charge >= 0.3 is 0 Å². The lowest BCUT2D eigenvalue weighted by Gasteiger charge is -2.19. The minimum atomic E-state index is -0.394. The monoisotopic (exact) mass is 300 g/mol. The molecule has 1 N–H and O–H groups in total. The molecule has 1 aromatic carbocycles. The Morgan fingerprint density at radius 2 is 1.91 bits per heavy atom. The fraction of sp³-hybridized carbons (Fsp3) is 0.438. The van der Waals surface area contributed by atoms with Crippen LogP contribution in [0.1, 0.15) is 43.7 Å². The standard InChI is InChI=1S/C16H20N4O2/c1-19-16(11-15(18-19)12-5-3-2-4-6-12)17-13-7-9-14(10-8-13)20(21)22/h7-12,17H,2-6H2,1H3. The molecule has 0 spiro atoms. The van der Waals surface area contributed by atoms with Gasteiger partial charge in [0.2, 0.25) is 0 Å². The number of hydrogen-bond acceptors (Lipinski definition) is 4. The molecular weight excluding hydrogens is 280 g/mol. The van der Waals surface area contributed by atoms with E-state index >= 15 is 0 Å². The number of aromatic nitrogens is 2. The van der Waals surface area contributed by atoms with Crippen molar-refractivity contribution < 1.29 is 4.92 Å². The molecule has 0 amide bonds. The number of nitro groups is 1. The largest absolute Gasteiger partial charge is 0.340 e. The van der Waals surface area contributed by atoms with Gasteiger partial charge in [0.15, 0.2) is 0 Å². The highest BCUT2D eigenvalue weighted by atomic mass is 16.6. The van der Waals surface area contributed by atoms with Crippen molar-refractivity contribution in [2.45, 2.75) is 38.0 Å². The Balaban J connectivity index is 1.74. The molecule has 1 aliphatic rings. The molecule has 116 valence electrons. The highest BCUT2D eigenvalue weighted by Crippen LogP contribution is 2.33. The minimum absolute atomic E-state index is 0.0958. The third-order valence-corrected chi connectivity index (χ3v) is 4.27. The van der Waals surface area contributed by atoms with Gasteiger partial charge in [-0.05, 0) is 25.0 Å². The molecule has 0 aliphatic heterocycles. The summed E-state index contributed by atoms with van der Waals surface area (Å²) in [4.78, 5) is 10.3. The molecule has 6 heteroatoms. The number of non-ortho nitro benzene ring substituents is 1. The molecule has 3 rings (SSSR count). The number of nitro benzene ring substituents is 1. The molecule has 22 heavy (non-hydrogen) atoms. The quantitative estimate of drug-likeness (QED) is 0.681. The van der Waals surface area contributed by atoms with Gasteiger partial charge in [-0.25, -0.2) is 0 Å². The van der Waals surface area contributed by atoms with Gasteiger partial charge in [-0.2, -0.15) is 5.10 Å². The number of nitrogens with zero attached hydrogens (tertiary/aromatic N) is 3. The van der Waals surface area contributed by atoms with E-state index < -0.39 is 4.92 Å². The summed E-state index contributed by atoms with van der Waals surface area (Å²) in [5.74, 6) is 1.47. The van der Waals surface area contributed by atoms with Crippen LogP contribution in [-0.4, -0.2) is 14.7 Å². The van der Waals surface area contributed by atoms with E-state index in [0.29, 0.717) is 5.92 Å². The molecule has 0 atom stereocenters. The van der Waals surface area contributed by atoms with Crippen LogP contribution in [-0.2, 0) is 7.05 Å². The molecule has 0 bridgehead atoms. The van der Waals surface area contributed by atoms with E-state index in [4.69, 9.17) is 0 Å². The summed E-state index contributed by atoms with van der Waals surface area (Å²) in [6, 6.07) is 8.52. The van der Waals surface area contributed by atoms with E-state index in [-0.39, 0.29) is 5.69 Å². The second-order valence-electron chi connectivity index (χ2n) is 5.84. The van der Waals surface area contributed by atoms with E-state index in [1.165, 1.54) is 44.2 Å². The van der Waals surface area contributed by atoms with E-state index in [1.807, 2.05) is 11.7 Å². The molecule has 1 fully saturated rings. The number of hydrogen-bond donors (Lipinski definition) is 1. The van der Waals surface area contributed by atoms with Crippen LogP contribution < -0.4 is 5.32 Å². The Hall–Kier alpha value is -2.37. The number of aryl methyl sites for hydroxylation is 1. The topological polar surface area (TPSA) is 73.0 Å². The Labute approximate surface area is 129 Å². The molecule has 2 aromatic rings. The number of rotatable bonds is 4. The summed E-state index contributed by atoms with van der Waals surface area (Å²) >= 11 is 0. The van der Waals surface area contributed by atoms with E-state index in [9.17, 15) is 10.1 Å². The number of anilines is 2. The Morgan fingerprint density at radius 3 is 2.55 bits per heavy atom. The van der Waals surface area contributed by atoms with Crippen molar-refractivity contribution in [3.05, 3.63) is 46.1 Å². The van der Waals surface area contributed by atoms with Crippen molar-refractivity contribution >= 4 is 17.2 Å². The van der Waals surface area contributed by atoms with Crippen LogP contribution in [0.5, 0.6) is 0 Å². The summed E-state index contributed by atoms with van der Waals surface area (Å²) < 4.78 is 1.84. The van der Waals surface area contributed by atoms with Crippen molar-refractivity contribution in [1.29, 1.82) is 0 Å². The third kappa shape index (κ3) is 3.10. The van der Waals surface area contributed by atoms with Crippen molar-refractivity contribution in [3.63, 3.8) is 0 Å². The Morgan fingerprint density at radius 1 is 1.23 bits per heavy atom. The first kappa shape index (κ1) is 14.6. The second-order valence-corrected chi connectivity index (χ2v) is 5.84. The molecule has 0 unspecified atom stereocenters. The molecular formula is C16H20N4O2. The molecule has 1 heterocycles. The van der Waals surface area contributed by atoms with Crippen LogP contribution in [0.3, 0.4) is 0 Å². The zero-order valence-electron chi connectivity index (χ0n) is 12.7. The normalized spacial score (nSPS) is 15.7. The first-order valence-electron chi connectivity index (χ1n) is 7.69. The lowest BCUT2D eigenvalue weighted by Crippen LogP contribution is -2.05. The van der Waals surface area contributed by atoms with Gasteiger partial charge in [-0.1, -0.05) is 19.3 Å². The van der Waals surface area contributed by atoms with E-state index in [2.05, 4.69) is 16.5 Å². The van der Waals surface area contributed by atoms with Crippen LogP contribution in [0, 0.1) is 10.1 Å². The molecule has 1 saturated carbocycles.